The minimum Gasteiger partial charge on any atom is -0.352 e. The Hall–Kier alpha value is -1.04. The highest BCUT2D eigenvalue weighted by molar-refractivity contribution is 9.10. The first-order valence-corrected chi connectivity index (χ1v) is 8.52. The molecule has 2 aromatic carbocycles. The normalized spacial score (nSPS) is 15.7. The zero-order valence-corrected chi connectivity index (χ0v) is 15.9. The van der Waals surface area contributed by atoms with Crippen molar-refractivity contribution in [3.05, 3.63) is 68.6 Å². The lowest BCUT2D eigenvalue weighted by Crippen LogP contribution is -2.21. The van der Waals surface area contributed by atoms with Gasteiger partial charge in [0.15, 0.2) is 0 Å². The van der Waals surface area contributed by atoms with E-state index in [0.717, 1.165) is 20.1 Å². The molecule has 0 amide bonds. The lowest BCUT2D eigenvalue weighted by molar-refractivity contribution is 0.00213. The molecule has 0 aliphatic heterocycles. The van der Waals surface area contributed by atoms with Gasteiger partial charge in [0.1, 0.15) is 0 Å². The summed E-state index contributed by atoms with van der Waals surface area (Å²) >= 11 is 6.95. The summed E-state index contributed by atoms with van der Waals surface area (Å²) in [5, 5.41) is 8.91. The van der Waals surface area contributed by atoms with Gasteiger partial charge in [-0.2, -0.15) is 10.2 Å². The first-order chi connectivity index (χ1) is 10.4. The molecule has 22 heavy (non-hydrogen) atoms. The topological polar surface area (TPSA) is 34.0 Å². The Kier molecular flexibility index (Phi) is 5.89. The maximum atomic E-state index is 5.60. The van der Waals surface area contributed by atoms with E-state index in [4.69, 9.17) is 4.74 Å². The Morgan fingerprint density at radius 3 is 2.27 bits per heavy atom. The van der Waals surface area contributed by atoms with Gasteiger partial charge in [-0.15, -0.1) is 0 Å². The number of halogens is 2. The summed E-state index contributed by atoms with van der Waals surface area (Å²) < 4.78 is 7.62. The summed E-state index contributed by atoms with van der Waals surface area (Å²) in [5.41, 5.74) is 1.25. The molecule has 2 unspecified atom stereocenters. The standard InChI is InChI=1S/C17H18Br2N2O/c1-12(13-6-4-8-15(18)10-13)20-21-17(2,22-3)14-7-5-9-16(19)11-14/h4-12H,1-3H3/b21-20+. The van der Waals surface area contributed by atoms with Crippen LogP contribution >= 0.6 is 31.9 Å². The SMILES string of the molecule is COC(C)(/N=N/C(C)c1cccc(Br)c1)c1cccc(Br)c1. The van der Waals surface area contributed by atoms with Gasteiger partial charge in [-0.1, -0.05) is 56.1 Å². The highest BCUT2D eigenvalue weighted by atomic mass is 79.9. The first kappa shape index (κ1) is 17.3. The smallest absolute Gasteiger partial charge is 0.201 e. The lowest BCUT2D eigenvalue weighted by atomic mass is 10.1. The molecule has 0 heterocycles. The highest BCUT2D eigenvalue weighted by Crippen LogP contribution is 2.30. The first-order valence-electron chi connectivity index (χ1n) is 6.93. The van der Waals surface area contributed by atoms with Crippen molar-refractivity contribution < 1.29 is 4.74 Å². The Morgan fingerprint density at radius 2 is 1.68 bits per heavy atom. The molecule has 0 saturated carbocycles. The third-order valence-corrected chi connectivity index (χ3v) is 4.50. The second-order valence-electron chi connectivity index (χ2n) is 5.14. The van der Waals surface area contributed by atoms with Crippen molar-refractivity contribution in [1.82, 2.24) is 0 Å². The third-order valence-electron chi connectivity index (χ3n) is 3.51. The molecule has 0 fully saturated rings. The van der Waals surface area contributed by atoms with Gasteiger partial charge in [0.2, 0.25) is 5.72 Å². The average Bonchev–Trinajstić information content (AvgIpc) is 2.52. The molecule has 3 nitrogen and oxygen atoms in total. The zero-order valence-electron chi connectivity index (χ0n) is 12.8. The van der Waals surface area contributed by atoms with E-state index < -0.39 is 5.72 Å². The average molecular weight is 426 g/mol. The molecule has 0 spiro atoms. The molecule has 2 atom stereocenters. The fourth-order valence-electron chi connectivity index (χ4n) is 2.02. The minimum atomic E-state index is -0.802. The van der Waals surface area contributed by atoms with Crippen LogP contribution in [-0.4, -0.2) is 7.11 Å². The number of azo groups is 1. The quantitative estimate of drug-likeness (QED) is 0.521. The van der Waals surface area contributed by atoms with Crippen LogP contribution in [0.1, 0.15) is 31.0 Å². The van der Waals surface area contributed by atoms with Gasteiger partial charge in [-0.05, 0) is 43.7 Å². The van der Waals surface area contributed by atoms with Crippen molar-refractivity contribution in [3.63, 3.8) is 0 Å². The van der Waals surface area contributed by atoms with E-state index in [1.54, 1.807) is 7.11 Å². The predicted octanol–water partition coefficient (Wildman–Crippen LogP) is 6.24. The van der Waals surface area contributed by atoms with E-state index in [9.17, 15) is 0 Å². The van der Waals surface area contributed by atoms with Crippen molar-refractivity contribution in [2.45, 2.75) is 25.6 Å². The summed E-state index contributed by atoms with van der Waals surface area (Å²) in [5.74, 6) is 0. The van der Waals surface area contributed by atoms with Gasteiger partial charge in [0.05, 0.1) is 6.04 Å². The molecule has 0 N–H and O–H groups in total. The molecule has 2 rings (SSSR count). The van der Waals surface area contributed by atoms with Gasteiger partial charge in [-0.3, -0.25) is 0 Å². The van der Waals surface area contributed by atoms with Gasteiger partial charge in [0.25, 0.3) is 0 Å². The molecular weight excluding hydrogens is 408 g/mol. The number of rotatable bonds is 5. The summed E-state index contributed by atoms with van der Waals surface area (Å²) in [6, 6.07) is 15.9. The van der Waals surface area contributed by atoms with E-state index in [1.807, 2.05) is 62.4 Å². The van der Waals surface area contributed by atoms with Gasteiger partial charge in [-0.25, -0.2) is 0 Å². The van der Waals surface area contributed by atoms with Crippen LogP contribution in [-0.2, 0) is 10.5 Å². The molecular formula is C17H18Br2N2O. The van der Waals surface area contributed by atoms with Crippen LogP contribution in [0.4, 0.5) is 0 Å². The monoisotopic (exact) mass is 424 g/mol. The Labute approximate surface area is 148 Å². The third kappa shape index (κ3) is 4.24. The Morgan fingerprint density at radius 1 is 1.05 bits per heavy atom. The molecule has 0 aromatic heterocycles. The summed E-state index contributed by atoms with van der Waals surface area (Å²) in [4.78, 5) is 0. The second kappa shape index (κ2) is 7.49. The number of ether oxygens (including phenoxy) is 1. The fraction of sp³-hybridized carbons (Fsp3) is 0.294. The molecule has 2 aromatic rings. The number of nitrogens with zero attached hydrogens (tertiary/aromatic N) is 2. The molecule has 0 bridgehead atoms. The number of benzene rings is 2. The van der Waals surface area contributed by atoms with Gasteiger partial charge in [0, 0.05) is 21.6 Å². The van der Waals surface area contributed by atoms with Crippen LogP contribution in [0.3, 0.4) is 0 Å². The van der Waals surface area contributed by atoms with Crippen molar-refractivity contribution >= 4 is 31.9 Å². The van der Waals surface area contributed by atoms with Crippen molar-refractivity contribution in [2.24, 2.45) is 10.2 Å². The van der Waals surface area contributed by atoms with E-state index in [2.05, 4.69) is 42.1 Å². The van der Waals surface area contributed by atoms with Crippen LogP contribution in [0, 0.1) is 0 Å². The van der Waals surface area contributed by atoms with Gasteiger partial charge >= 0.3 is 0 Å². The zero-order chi connectivity index (χ0) is 16.2. The molecule has 0 aliphatic carbocycles. The number of hydrogen-bond acceptors (Lipinski definition) is 3. The molecule has 0 aliphatic rings. The number of methoxy groups -OCH3 is 1. The molecule has 5 heteroatoms. The molecule has 0 radical (unpaired) electrons. The fourth-order valence-corrected chi connectivity index (χ4v) is 2.84. The Balaban J connectivity index is 2.25. The lowest BCUT2D eigenvalue weighted by Gasteiger charge is -2.23. The maximum Gasteiger partial charge on any atom is 0.201 e. The van der Waals surface area contributed by atoms with E-state index in [0.29, 0.717) is 0 Å². The van der Waals surface area contributed by atoms with Crippen LogP contribution in [0.25, 0.3) is 0 Å². The van der Waals surface area contributed by atoms with Crippen molar-refractivity contribution in [2.75, 3.05) is 7.11 Å². The Bertz CT molecular complexity index is 675. The van der Waals surface area contributed by atoms with E-state index in [1.165, 1.54) is 0 Å². The largest absolute Gasteiger partial charge is 0.352 e. The van der Waals surface area contributed by atoms with Gasteiger partial charge < -0.3 is 4.74 Å². The van der Waals surface area contributed by atoms with Crippen molar-refractivity contribution in [1.29, 1.82) is 0 Å². The molecule has 0 saturated heterocycles. The maximum absolute atomic E-state index is 5.60. The van der Waals surface area contributed by atoms with E-state index in [-0.39, 0.29) is 6.04 Å². The van der Waals surface area contributed by atoms with Crippen LogP contribution in [0.5, 0.6) is 0 Å². The van der Waals surface area contributed by atoms with Crippen LogP contribution in [0.2, 0.25) is 0 Å². The summed E-state index contributed by atoms with van der Waals surface area (Å²) in [6.07, 6.45) is 0. The summed E-state index contributed by atoms with van der Waals surface area (Å²) in [7, 11) is 1.64. The highest BCUT2D eigenvalue weighted by Gasteiger charge is 2.26. The minimum absolute atomic E-state index is 0.0425. The number of hydrogen-bond donors (Lipinski definition) is 0. The van der Waals surface area contributed by atoms with Crippen LogP contribution in [0.15, 0.2) is 67.7 Å². The summed E-state index contributed by atoms with van der Waals surface area (Å²) in [6.45, 7) is 3.92. The molecule has 116 valence electrons. The van der Waals surface area contributed by atoms with E-state index >= 15 is 0 Å². The second-order valence-corrected chi connectivity index (χ2v) is 6.98. The van der Waals surface area contributed by atoms with Crippen LogP contribution < -0.4 is 0 Å². The predicted molar refractivity (Wildman–Crippen MR) is 95.9 cm³/mol. The van der Waals surface area contributed by atoms with Crippen molar-refractivity contribution in [3.8, 4) is 0 Å².